The fourth-order valence-electron chi connectivity index (χ4n) is 2.20. The van der Waals surface area contributed by atoms with Crippen LogP contribution in [0.25, 0.3) is 0 Å². The second-order valence-corrected chi connectivity index (χ2v) is 6.37. The smallest absolute Gasteiger partial charge is 0.239 e. The molecule has 6 heteroatoms. The molecule has 1 aliphatic rings. The van der Waals surface area contributed by atoms with Crippen LogP contribution in [0.4, 0.5) is 0 Å². The fraction of sp³-hybridized carbons (Fsp3) is 0.692. The maximum atomic E-state index is 12.2. The highest BCUT2D eigenvalue weighted by atomic mass is 32.1. The van der Waals surface area contributed by atoms with Gasteiger partial charge in [-0.1, -0.05) is 13.8 Å². The number of carbonyl (C=O) groups is 1. The van der Waals surface area contributed by atoms with Crippen molar-refractivity contribution in [3.8, 4) is 0 Å². The summed E-state index contributed by atoms with van der Waals surface area (Å²) in [6.07, 6.45) is 0.720. The SMILES string of the molecule is CC(C)c1nc(CN(C)C(=O)[C@@H]2C[C@@H](N)CN2)cs1. The van der Waals surface area contributed by atoms with Crippen LogP contribution in [0, 0.1) is 0 Å². The number of rotatable bonds is 4. The van der Waals surface area contributed by atoms with Gasteiger partial charge in [0.25, 0.3) is 0 Å². The van der Waals surface area contributed by atoms with Gasteiger partial charge in [-0.15, -0.1) is 11.3 Å². The number of carbonyl (C=O) groups excluding carboxylic acids is 1. The lowest BCUT2D eigenvalue weighted by atomic mass is 10.1. The van der Waals surface area contributed by atoms with E-state index in [1.54, 1.807) is 16.2 Å². The minimum atomic E-state index is -0.136. The molecule has 0 saturated carbocycles. The maximum Gasteiger partial charge on any atom is 0.239 e. The van der Waals surface area contributed by atoms with Gasteiger partial charge >= 0.3 is 0 Å². The molecule has 106 valence electrons. The molecule has 2 atom stereocenters. The quantitative estimate of drug-likeness (QED) is 0.861. The highest BCUT2D eigenvalue weighted by Crippen LogP contribution is 2.20. The Bertz CT molecular complexity index is 446. The molecule has 1 amide bonds. The highest BCUT2D eigenvalue weighted by molar-refractivity contribution is 7.09. The zero-order valence-corrected chi connectivity index (χ0v) is 12.5. The number of hydrogen-bond donors (Lipinski definition) is 2. The third-order valence-corrected chi connectivity index (χ3v) is 4.50. The minimum Gasteiger partial charge on any atom is -0.338 e. The molecule has 5 nitrogen and oxygen atoms in total. The average Bonchev–Trinajstić information content (AvgIpc) is 2.97. The summed E-state index contributed by atoms with van der Waals surface area (Å²) in [6, 6.07) is -0.0441. The molecule has 0 unspecified atom stereocenters. The molecule has 2 heterocycles. The number of hydrogen-bond acceptors (Lipinski definition) is 5. The van der Waals surface area contributed by atoms with E-state index in [0.29, 0.717) is 12.5 Å². The Morgan fingerprint density at radius 3 is 2.95 bits per heavy atom. The van der Waals surface area contributed by atoms with Crippen molar-refractivity contribution in [3.63, 3.8) is 0 Å². The van der Waals surface area contributed by atoms with Crippen molar-refractivity contribution in [2.45, 2.75) is 44.8 Å². The molecule has 0 spiro atoms. The van der Waals surface area contributed by atoms with Gasteiger partial charge in [-0.25, -0.2) is 4.98 Å². The van der Waals surface area contributed by atoms with E-state index in [9.17, 15) is 4.79 Å². The van der Waals surface area contributed by atoms with E-state index in [0.717, 1.165) is 23.7 Å². The molecule has 3 N–H and O–H groups in total. The summed E-state index contributed by atoms with van der Waals surface area (Å²) in [4.78, 5) is 18.5. The molecule has 0 aromatic carbocycles. The van der Waals surface area contributed by atoms with Crippen LogP contribution in [0.2, 0.25) is 0 Å². The number of likely N-dealkylation sites (N-methyl/N-ethyl adjacent to an activating group) is 1. The van der Waals surface area contributed by atoms with Gasteiger partial charge in [-0.05, 0) is 6.42 Å². The molecule has 1 aromatic heterocycles. The fourth-order valence-corrected chi connectivity index (χ4v) is 3.02. The number of nitrogens with zero attached hydrogens (tertiary/aromatic N) is 2. The van der Waals surface area contributed by atoms with Gasteiger partial charge in [-0.3, -0.25) is 4.79 Å². The molecule has 2 rings (SSSR count). The number of nitrogens with one attached hydrogen (secondary N) is 1. The van der Waals surface area contributed by atoms with Gasteiger partial charge in [0.2, 0.25) is 5.91 Å². The Kier molecular flexibility index (Phi) is 4.54. The molecular formula is C13H22N4OS. The largest absolute Gasteiger partial charge is 0.338 e. The molecule has 1 aromatic rings. The Hall–Kier alpha value is -0.980. The Morgan fingerprint density at radius 2 is 2.42 bits per heavy atom. The molecule has 1 saturated heterocycles. The van der Waals surface area contributed by atoms with E-state index in [4.69, 9.17) is 5.73 Å². The first kappa shape index (κ1) is 14.4. The van der Waals surface area contributed by atoms with Crippen molar-refractivity contribution in [1.82, 2.24) is 15.2 Å². The van der Waals surface area contributed by atoms with Gasteiger partial charge in [0.05, 0.1) is 23.3 Å². The lowest BCUT2D eigenvalue weighted by Gasteiger charge is -2.20. The van der Waals surface area contributed by atoms with Crippen molar-refractivity contribution in [3.05, 3.63) is 16.1 Å². The summed E-state index contributed by atoms with van der Waals surface area (Å²) in [5, 5.41) is 6.32. The molecular weight excluding hydrogens is 260 g/mol. The van der Waals surface area contributed by atoms with Crippen LogP contribution in [-0.2, 0) is 11.3 Å². The van der Waals surface area contributed by atoms with Crippen LogP contribution in [-0.4, -0.2) is 41.5 Å². The third kappa shape index (κ3) is 3.52. The highest BCUT2D eigenvalue weighted by Gasteiger charge is 2.29. The summed E-state index contributed by atoms with van der Waals surface area (Å²) in [7, 11) is 1.82. The zero-order valence-electron chi connectivity index (χ0n) is 11.7. The van der Waals surface area contributed by atoms with Gasteiger partial charge in [-0.2, -0.15) is 0 Å². The van der Waals surface area contributed by atoms with Crippen LogP contribution in [0.1, 0.15) is 36.9 Å². The zero-order chi connectivity index (χ0) is 14.0. The molecule has 0 aliphatic carbocycles. The van der Waals surface area contributed by atoms with Gasteiger partial charge < -0.3 is 16.0 Å². The van der Waals surface area contributed by atoms with Crippen LogP contribution in [0.5, 0.6) is 0 Å². The van der Waals surface area contributed by atoms with Crippen LogP contribution in [0.3, 0.4) is 0 Å². The Morgan fingerprint density at radius 1 is 1.68 bits per heavy atom. The lowest BCUT2D eigenvalue weighted by molar-refractivity contribution is -0.132. The maximum absolute atomic E-state index is 12.2. The normalized spacial score (nSPS) is 23.0. The van der Waals surface area contributed by atoms with Crippen molar-refractivity contribution in [2.75, 3.05) is 13.6 Å². The number of nitrogens with two attached hydrogens (primary N) is 1. The monoisotopic (exact) mass is 282 g/mol. The number of aromatic nitrogens is 1. The molecule has 0 bridgehead atoms. The van der Waals surface area contributed by atoms with Crippen LogP contribution < -0.4 is 11.1 Å². The van der Waals surface area contributed by atoms with Crippen LogP contribution in [0.15, 0.2) is 5.38 Å². The van der Waals surface area contributed by atoms with Crippen molar-refractivity contribution < 1.29 is 4.79 Å². The number of thiazole rings is 1. The standard InChI is InChI=1S/C13H22N4OS/c1-8(2)12-16-10(7-19-12)6-17(3)13(18)11-4-9(14)5-15-11/h7-9,11,15H,4-6,14H2,1-3H3/t9-,11+/m1/s1. The average molecular weight is 282 g/mol. The number of amides is 1. The molecule has 1 aliphatic heterocycles. The second-order valence-electron chi connectivity index (χ2n) is 5.48. The molecule has 19 heavy (non-hydrogen) atoms. The summed E-state index contributed by atoms with van der Waals surface area (Å²) < 4.78 is 0. The first-order chi connectivity index (χ1) is 8.97. The minimum absolute atomic E-state index is 0.0918. The third-order valence-electron chi connectivity index (χ3n) is 3.30. The summed E-state index contributed by atoms with van der Waals surface area (Å²) in [5.74, 6) is 0.543. The Labute approximate surface area is 118 Å². The predicted molar refractivity (Wildman–Crippen MR) is 77.1 cm³/mol. The molecule has 0 radical (unpaired) electrons. The van der Waals surface area contributed by atoms with E-state index in [1.165, 1.54) is 0 Å². The summed E-state index contributed by atoms with van der Waals surface area (Å²) in [5.41, 5.74) is 6.77. The van der Waals surface area contributed by atoms with E-state index in [2.05, 4.69) is 24.1 Å². The molecule has 1 fully saturated rings. The van der Waals surface area contributed by atoms with Gasteiger partial charge in [0.1, 0.15) is 0 Å². The predicted octanol–water partition coefficient (Wildman–Crippen LogP) is 0.914. The lowest BCUT2D eigenvalue weighted by Crippen LogP contribution is -2.41. The first-order valence-electron chi connectivity index (χ1n) is 6.65. The van der Waals surface area contributed by atoms with Gasteiger partial charge in [0, 0.05) is 30.9 Å². The van der Waals surface area contributed by atoms with Gasteiger partial charge in [0.15, 0.2) is 0 Å². The van der Waals surface area contributed by atoms with E-state index in [1.807, 2.05) is 12.4 Å². The van der Waals surface area contributed by atoms with E-state index in [-0.39, 0.29) is 18.0 Å². The topological polar surface area (TPSA) is 71.2 Å². The first-order valence-corrected chi connectivity index (χ1v) is 7.53. The Balaban J connectivity index is 1.92. The van der Waals surface area contributed by atoms with Crippen molar-refractivity contribution in [2.24, 2.45) is 5.73 Å². The van der Waals surface area contributed by atoms with Crippen molar-refractivity contribution in [1.29, 1.82) is 0 Å². The van der Waals surface area contributed by atoms with E-state index >= 15 is 0 Å². The van der Waals surface area contributed by atoms with Crippen LogP contribution >= 0.6 is 11.3 Å². The summed E-state index contributed by atoms with van der Waals surface area (Å²) in [6.45, 7) is 5.54. The second kappa shape index (κ2) is 5.98. The summed E-state index contributed by atoms with van der Waals surface area (Å²) >= 11 is 1.66. The van der Waals surface area contributed by atoms with Crippen molar-refractivity contribution >= 4 is 17.2 Å². The van der Waals surface area contributed by atoms with E-state index < -0.39 is 0 Å².